The lowest BCUT2D eigenvalue weighted by Gasteiger charge is -2.35. The molecule has 26 heavy (non-hydrogen) atoms. The predicted molar refractivity (Wildman–Crippen MR) is 95.4 cm³/mol. The maximum Gasteiger partial charge on any atom is 0.248 e. The van der Waals surface area contributed by atoms with Crippen molar-refractivity contribution in [1.82, 2.24) is 14.4 Å². The quantitative estimate of drug-likeness (QED) is 0.804. The number of piperazine rings is 1. The Balaban J connectivity index is 1.84. The number of hydrogen-bond donors (Lipinski definition) is 0. The number of pyridine rings is 1. The van der Waals surface area contributed by atoms with Crippen molar-refractivity contribution in [1.29, 1.82) is 5.26 Å². The van der Waals surface area contributed by atoms with Gasteiger partial charge in [-0.1, -0.05) is 5.16 Å². The number of anilines is 1. The molecule has 0 N–H and O–H groups in total. The number of nitrogens with zero attached hydrogens (tertiary/aromatic N) is 5. The predicted octanol–water partition coefficient (Wildman–Crippen LogP) is 1.69. The lowest BCUT2D eigenvalue weighted by atomic mass is 10.1. The monoisotopic (exact) mass is 375 g/mol. The number of rotatable bonds is 3. The fourth-order valence-corrected chi connectivity index (χ4v) is 5.01. The van der Waals surface area contributed by atoms with Gasteiger partial charge in [-0.05, 0) is 39.3 Å². The van der Waals surface area contributed by atoms with Crippen molar-refractivity contribution >= 4 is 15.8 Å². The lowest BCUT2D eigenvalue weighted by molar-refractivity contribution is 0.377. The van der Waals surface area contributed by atoms with Crippen molar-refractivity contribution in [2.75, 3.05) is 31.1 Å². The first-order valence-electron chi connectivity index (χ1n) is 8.32. The lowest BCUT2D eigenvalue weighted by Crippen LogP contribution is -2.49. The second-order valence-electron chi connectivity index (χ2n) is 6.44. The average Bonchev–Trinajstić information content (AvgIpc) is 2.93. The SMILES string of the molecule is Cc1cc(C)c(C#N)c(N2CCN(S(=O)(=O)c3c(C)noc3C)CC2)n1. The summed E-state index contributed by atoms with van der Waals surface area (Å²) in [6, 6.07) is 4.09. The van der Waals surface area contributed by atoms with Crippen LogP contribution in [0.1, 0.15) is 28.3 Å². The zero-order valence-corrected chi connectivity index (χ0v) is 16.1. The second kappa shape index (κ2) is 6.70. The molecule has 3 rings (SSSR count). The standard InChI is InChI=1S/C17H21N5O3S/c1-11-9-12(2)19-17(15(11)10-18)21-5-7-22(8-6-21)26(23,24)16-13(3)20-25-14(16)4/h9H,5-8H2,1-4H3. The summed E-state index contributed by atoms with van der Waals surface area (Å²) in [6.07, 6.45) is 0. The molecule has 0 amide bonds. The van der Waals surface area contributed by atoms with E-state index >= 15 is 0 Å². The molecule has 138 valence electrons. The molecule has 0 aromatic carbocycles. The molecule has 0 spiro atoms. The molecule has 0 aliphatic carbocycles. The summed E-state index contributed by atoms with van der Waals surface area (Å²) < 4.78 is 32.3. The van der Waals surface area contributed by atoms with Gasteiger partial charge in [-0.15, -0.1) is 0 Å². The smallest absolute Gasteiger partial charge is 0.248 e. The van der Waals surface area contributed by atoms with Gasteiger partial charge < -0.3 is 9.42 Å². The summed E-state index contributed by atoms with van der Waals surface area (Å²) in [5.41, 5.74) is 2.62. The van der Waals surface area contributed by atoms with Crippen molar-refractivity contribution in [3.63, 3.8) is 0 Å². The Labute approximate surface area is 153 Å². The van der Waals surface area contributed by atoms with Crippen LogP contribution in [0.3, 0.4) is 0 Å². The molecule has 8 nitrogen and oxygen atoms in total. The number of sulfonamides is 1. The van der Waals surface area contributed by atoms with E-state index in [0.717, 1.165) is 11.3 Å². The van der Waals surface area contributed by atoms with Crippen molar-refractivity contribution < 1.29 is 12.9 Å². The summed E-state index contributed by atoms with van der Waals surface area (Å²) >= 11 is 0. The third-order valence-electron chi connectivity index (χ3n) is 4.54. The van der Waals surface area contributed by atoms with Crippen molar-refractivity contribution in [2.24, 2.45) is 0 Å². The first-order chi connectivity index (χ1) is 12.3. The van der Waals surface area contributed by atoms with Gasteiger partial charge >= 0.3 is 0 Å². The van der Waals surface area contributed by atoms with E-state index < -0.39 is 10.0 Å². The van der Waals surface area contributed by atoms with Crippen LogP contribution >= 0.6 is 0 Å². The van der Waals surface area contributed by atoms with Crippen LogP contribution in [0.5, 0.6) is 0 Å². The molecule has 1 aliphatic rings. The number of hydrogen-bond acceptors (Lipinski definition) is 7. The summed E-state index contributed by atoms with van der Waals surface area (Å²) in [7, 11) is -3.65. The highest BCUT2D eigenvalue weighted by Crippen LogP contribution is 2.27. The Kier molecular flexibility index (Phi) is 4.73. The van der Waals surface area contributed by atoms with Gasteiger partial charge in [-0.3, -0.25) is 0 Å². The first kappa shape index (κ1) is 18.4. The summed E-state index contributed by atoms with van der Waals surface area (Å²) in [6.45, 7) is 8.54. The molecular formula is C17H21N5O3S. The van der Waals surface area contributed by atoms with E-state index in [0.29, 0.717) is 49.0 Å². The van der Waals surface area contributed by atoms with E-state index in [-0.39, 0.29) is 4.90 Å². The highest BCUT2D eigenvalue weighted by Gasteiger charge is 2.34. The molecule has 2 aromatic heterocycles. The average molecular weight is 375 g/mol. The van der Waals surface area contributed by atoms with E-state index in [1.807, 2.05) is 24.8 Å². The molecule has 0 bridgehead atoms. The van der Waals surface area contributed by atoms with Crippen LogP contribution in [0.15, 0.2) is 15.5 Å². The van der Waals surface area contributed by atoms with E-state index in [1.165, 1.54) is 4.31 Å². The van der Waals surface area contributed by atoms with Gasteiger partial charge in [0, 0.05) is 31.9 Å². The van der Waals surface area contributed by atoms with Crippen molar-refractivity contribution in [2.45, 2.75) is 32.6 Å². The van der Waals surface area contributed by atoms with Gasteiger partial charge in [0.1, 0.15) is 22.5 Å². The van der Waals surface area contributed by atoms with Crippen LogP contribution < -0.4 is 4.90 Å². The fraction of sp³-hybridized carbons (Fsp3) is 0.471. The maximum atomic E-state index is 12.9. The fourth-order valence-electron chi connectivity index (χ4n) is 3.30. The molecule has 0 radical (unpaired) electrons. The van der Waals surface area contributed by atoms with E-state index in [2.05, 4.69) is 16.2 Å². The number of nitriles is 1. The minimum Gasteiger partial charge on any atom is -0.360 e. The molecule has 9 heteroatoms. The minimum atomic E-state index is -3.65. The molecule has 0 atom stereocenters. The highest BCUT2D eigenvalue weighted by molar-refractivity contribution is 7.89. The zero-order valence-electron chi connectivity index (χ0n) is 15.3. The molecule has 1 aliphatic heterocycles. The maximum absolute atomic E-state index is 12.9. The number of aryl methyl sites for hydroxylation is 4. The van der Waals surface area contributed by atoms with Gasteiger partial charge in [0.2, 0.25) is 10.0 Å². The summed E-state index contributed by atoms with van der Waals surface area (Å²) in [5.74, 6) is 0.923. The Hall–Kier alpha value is -2.44. The van der Waals surface area contributed by atoms with E-state index in [9.17, 15) is 13.7 Å². The molecule has 1 fully saturated rings. The summed E-state index contributed by atoms with van der Waals surface area (Å²) in [4.78, 5) is 6.62. The van der Waals surface area contributed by atoms with Crippen LogP contribution in [0.25, 0.3) is 0 Å². The van der Waals surface area contributed by atoms with Crippen LogP contribution in [0.2, 0.25) is 0 Å². The van der Waals surface area contributed by atoms with Gasteiger partial charge in [-0.2, -0.15) is 9.57 Å². The zero-order chi connectivity index (χ0) is 19.1. The molecule has 3 heterocycles. The Morgan fingerprint density at radius 1 is 1.15 bits per heavy atom. The van der Waals surface area contributed by atoms with Gasteiger partial charge in [0.15, 0.2) is 5.76 Å². The first-order valence-corrected chi connectivity index (χ1v) is 9.76. The summed E-state index contributed by atoms with van der Waals surface area (Å²) in [5, 5.41) is 13.2. The van der Waals surface area contributed by atoms with Gasteiger partial charge in [-0.25, -0.2) is 13.4 Å². The minimum absolute atomic E-state index is 0.146. The highest BCUT2D eigenvalue weighted by atomic mass is 32.2. The number of aromatic nitrogens is 2. The van der Waals surface area contributed by atoms with E-state index in [1.54, 1.807) is 13.8 Å². The Morgan fingerprint density at radius 2 is 1.81 bits per heavy atom. The molecule has 0 unspecified atom stereocenters. The molecule has 1 saturated heterocycles. The third kappa shape index (κ3) is 3.06. The normalized spacial score (nSPS) is 15.9. The second-order valence-corrected chi connectivity index (χ2v) is 8.31. The largest absolute Gasteiger partial charge is 0.360 e. The molecular weight excluding hydrogens is 354 g/mol. The van der Waals surface area contributed by atoms with Crippen molar-refractivity contribution in [3.05, 3.63) is 34.3 Å². The molecule has 0 saturated carbocycles. The van der Waals surface area contributed by atoms with Crippen LogP contribution in [-0.4, -0.2) is 49.0 Å². The van der Waals surface area contributed by atoms with Crippen LogP contribution in [0.4, 0.5) is 5.82 Å². The van der Waals surface area contributed by atoms with E-state index in [4.69, 9.17) is 4.52 Å². The van der Waals surface area contributed by atoms with Crippen LogP contribution in [0, 0.1) is 39.0 Å². The molecule has 2 aromatic rings. The van der Waals surface area contributed by atoms with Gasteiger partial charge in [0.25, 0.3) is 0 Å². The Bertz CT molecular complexity index is 963. The van der Waals surface area contributed by atoms with Crippen LogP contribution in [-0.2, 0) is 10.0 Å². The Morgan fingerprint density at radius 3 is 2.35 bits per heavy atom. The topological polar surface area (TPSA) is 103 Å². The third-order valence-corrected chi connectivity index (χ3v) is 6.69. The van der Waals surface area contributed by atoms with Crippen molar-refractivity contribution in [3.8, 4) is 6.07 Å². The van der Waals surface area contributed by atoms with Gasteiger partial charge in [0.05, 0.1) is 5.56 Å².